The third kappa shape index (κ3) is 4.84. The van der Waals surface area contributed by atoms with Gasteiger partial charge >= 0.3 is 5.97 Å². The Bertz CT molecular complexity index is 617. The van der Waals surface area contributed by atoms with Crippen LogP contribution in [0.15, 0.2) is 12.3 Å². The molecule has 0 saturated heterocycles. The number of nitrogens with zero attached hydrogens (tertiary/aromatic N) is 2. The first-order chi connectivity index (χ1) is 11.3. The maximum Gasteiger partial charge on any atom is 0.308 e. The van der Waals surface area contributed by atoms with E-state index < -0.39 is 11.9 Å². The minimum absolute atomic E-state index is 0.106. The number of aliphatic carboxylic acids is 1. The Morgan fingerprint density at radius 2 is 2.08 bits per heavy atom. The number of amides is 1. The van der Waals surface area contributed by atoms with Gasteiger partial charge in [-0.2, -0.15) is 0 Å². The second kappa shape index (κ2) is 7.83. The summed E-state index contributed by atoms with van der Waals surface area (Å²) in [4.78, 5) is 29.5. The smallest absolute Gasteiger partial charge is 0.308 e. The zero-order valence-electron chi connectivity index (χ0n) is 14.2. The molecular formula is C17H23ClN2O4. The number of ether oxygens (including phenoxy) is 1. The summed E-state index contributed by atoms with van der Waals surface area (Å²) in [7, 11) is 0. The minimum atomic E-state index is -0.915. The molecule has 1 heterocycles. The van der Waals surface area contributed by atoms with Gasteiger partial charge in [0.1, 0.15) is 5.02 Å². The van der Waals surface area contributed by atoms with Crippen LogP contribution in [-0.4, -0.2) is 46.1 Å². The number of aromatic nitrogens is 1. The number of hydrogen-bond acceptors (Lipinski definition) is 4. The Hall–Kier alpha value is -1.82. The fourth-order valence-corrected chi connectivity index (χ4v) is 2.44. The molecule has 0 aromatic carbocycles. The molecule has 1 aliphatic carbocycles. The van der Waals surface area contributed by atoms with E-state index in [1.54, 1.807) is 11.8 Å². The van der Waals surface area contributed by atoms with E-state index in [4.69, 9.17) is 21.4 Å². The first-order valence-corrected chi connectivity index (χ1v) is 8.49. The average molecular weight is 355 g/mol. The van der Waals surface area contributed by atoms with Gasteiger partial charge in [0, 0.05) is 18.8 Å². The number of carbonyl (C=O) groups excluding carboxylic acids is 1. The summed E-state index contributed by atoms with van der Waals surface area (Å²) >= 11 is 6.16. The lowest BCUT2D eigenvalue weighted by Crippen LogP contribution is -2.38. The molecule has 1 aromatic heterocycles. The Morgan fingerprint density at radius 3 is 2.58 bits per heavy atom. The van der Waals surface area contributed by atoms with Crippen molar-refractivity contribution < 1.29 is 19.4 Å². The molecule has 0 spiro atoms. The normalized spacial score (nSPS) is 15.2. The molecule has 1 saturated carbocycles. The van der Waals surface area contributed by atoms with Gasteiger partial charge in [-0.15, -0.1) is 0 Å². The van der Waals surface area contributed by atoms with E-state index in [0.717, 1.165) is 12.8 Å². The van der Waals surface area contributed by atoms with Crippen molar-refractivity contribution in [3.05, 3.63) is 22.8 Å². The molecule has 2 rings (SSSR count). The summed E-state index contributed by atoms with van der Waals surface area (Å²) < 4.78 is 5.50. The lowest BCUT2D eigenvalue weighted by atomic mass is 10.1. The summed E-state index contributed by atoms with van der Waals surface area (Å²) in [6, 6.07) is 1.64. The lowest BCUT2D eigenvalue weighted by Gasteiger charge is -2.24. The van der Waals surface area contributed by atoms with Crippen molar-refractivity contribution in [2.75, 3.05) is 13.2 Å². The maximum atomic E-state index is 12.7. The van der Waals surface area contributed by atoms with E-state index in [0.29, 0.717) is 24.0 Å². The van der Waals surface area contributed by atoms with Gasteiger partial charge in [0.25, 0.3) is 5.91 Å². The number of carboxylic acid groups (broad SMARTS) is 1. The highest BCUT2D eigenvalue weighted by Crippen LogP contribution is 2.30. The molecular weight excluding hydrogens is 332 g/mol. The number of carbonyl (C=O) groups is 2. The second-order valence-electron chi connectivity index (χ2n) is 6.64. The quantitative estimate of drug-likeness (QED) is 0.776. The Balaban J connectivity index is 2.12. The summed E-state index contributed by atoms with van der Waals surface area (Å²) in [5.74, 6) is -1.13. The van der Waals surface area contributed by atoms with Crippen LogP contribution in [0.2, 0.25) is 5.02 Å². The van der Waals surface area contributed by atoms with Gasteiger partial charge in [0.05, 0.1) is 18.1 Å². The van der Waals surface area contributed by atoms with Crippen LogP contribution in [0.1, 0.15) is 44.0 Å². The fraction of sp³-hybridized carbons (Fsp3) is 0.588. The molecule has 1 unspecified atom stereocenters. The molecule has 1 amide bonds. The van der Waals surface area contributed by atoms with Crippen molar-refractivity contribution in [1.29, 1.82) is 0 Å². The van der Waals surface area contributed by atoms with Crippen LogP contribution < -0.4 is 4.74 Å². The number of rotatable bonds is 8. The molecule has 1 atom stereocenters. The molecule has 1 aromatic rings. The van der Waals surface area contributed by atoms with Gasteiger partial charge in [-0.05, 0) is 24.8 Å². The van der Waals surface area contributed by atoms with Gasteiger partial charge in [0.15, 0.2) is 0 Å². The molecule has 7 heteroatoms. The molecule has 1 fully saturated rings. The molecule has 1 N–H and O–H groups in total. The van der Waals surface area contributed by atoms with Crippen molar-refractivity contribution in [2.24, 2.45) is 11.8 Å². The predicted octanol–water partition coefficient (Wildman–Crippen LogP) is 3.10. The third-order valence-electron chi connectivity index (χ3n) is 3.75. The van der Waals surface area contributed by atoms with Gasteiger partial charge in [-0.25, -0.2) is 4.98 Å². The Kier molecular flexibility index (Phi) is 6.04. The molecule has 0 aliphatic heterocycles. The highest BCUT2D eigenvalue weighted by molar-refractivity contribution is 6.32. The predicted molar refractivity (Wildman–Crippen MR) is 90.4 cm³/mol. The van der Waals surface area contributed by atoms with E-state index in [2.05, 4.69) is 4.98 Å². The fourth-order valence-electron chi connectivity index (χ4n) is 2.22. The molecule has 24 heavy (non-hydrogen) atoms. The van der Waals surface area contributed by atoms with Gasteiger partial charge in [-0.1, -0.05) is 32.4 Å². The molecule has 132 valence electrons. The van der Waals surface area contributed by atoms with Crippen molar-refractivity contribution in [3.8, 4) is 5.88 Å². The third-order valence-corrected chi connectivity index (χ3v) is 4.02. The highest BCUT2D eigenvalue weighted by atomic mass is 35.5. The molecule has 0 radical (unpaired) electrons. The number of pyridine rings is 1. The van der Waals surface area contributed by atoms with E-state index in [1.807, 2.05) is 13.8 Å². The van der Waals surface area contributed by atoms with Gasteiger partial charge in [-0.3, -0.25) is 9.59 Å². The first kappa shape index (κ1) is 18.5. The Morgan fingerprint density at radius 1 is 1.42 bits per heavy atom. The summed E-state index contributed by atoms with van der Waals surface area (Å²) in [5.41, 5.74) is 0.349. The van der Waals surface area contributed by atoms with Crippen LogP contribution in [0, 0.1) is 11.8 Å². The summed E-state index contributed by atoms with van der Waals surface area (Å²) in [6.45, 7) is 6.30. The van der Waals surface area contributed by atoms with E-state index in [9.17, 15) is 9.59 Å². The minimum Gasteiger partial charge on any atom is -0.481 e. The van der Waals surface area contributed by atoms with Crippen LogP contribution in [0.5, 0.6) is 5.88 Å². The summed E-state index contributed by atoms with van der Waals surface area (Å²) in [6.07, 6.45) is 3.23. The number of halogens is 1. The average Bonchev–Trinajstić information content (AvgIpc) is 3.34. The van der Waals surface area contributed by atoms with Crippen molar-refractivity contribution in [1.82, 2.24) is 9.88 Å². The van der Waals surface area contributed by atoms with Crippen molar-refractivity contribution in [2.45, 2.75) is 39.7 Å². The van der Waals surface area contributed by atoms with Crippen molar-refractivity contribution >= 4 is 23.5 Å². The zero-order valence-corrected chi connectivity index (χ0v) is 14.9. The highest BCUT2D eigenvalue weighted by Gasteiger charge is 2.35. The summed E-state index contributed by atoms with van der Waals surface area (Å²) in [5, 5.41) is 9.36. The van der Waals surface area contributed by atoms with Crippen LogP contribution in [0.3, 0.4) is 0 Å². The van der Waals surface area contributed by atoms with Crippen LogP contribution in [0.4, 0.5) is 0 Å². The lowest BCUT2D eigenvalue weighted by molar-refractivity contribution is -0.141. The zero-order chi connectivity index (χ0) is 17.9. The number of carboxylic acids is 1. The van der Waals surface area contributed by atoms with E-state index in [1.165, 1.54) is 12.3 Å². The van der Waals surface area contributed by atoms with E-state index >= 15 is 0 Å². The second-order valence-corrected chi connectivity index (χ2v) is 7.05. The van der Waals surface area contributed by atoms with Gasteiger partial charge < -0.3 is 14.7 Å². The standard InChI is InChI=1S/C17H23ClN2O4/c1-10(2)9-24-15-14(18)6-12(7-19-15)16(21)20(13-4-5-13)8-11(3)17(22)23/h6-7,10-11,13H,4-5,8-9H2,1-3H3,(H,22,23). The SMILES string of the molecule is CC(C)COc1ncc(C(=O)N(CC(C)C(=O)O)C2CC2)cc1Cl. The largest absolute Gasteiger partial charge is 0.481 e. The van der Waals surface area contributed by atoms with Gasteiger partial charge in [0.2, 0.25) is 5.88 Å². The van der Waals surface area contributed by atoms with Crippen LogP contribution >= 0.6 is 11.6 Å². The molecule has 6 nitrogen and oxygen atoms in total. The Labute approximate surface area is 146 Å². The van der Waals surface area contributed by atoms with E-state index in [-0.39, 0.29) is 23.5 Å². The van der Waals surface area contributed by atoms with Crippen LogP contribution in [0.25, 0.3) is 0 Å². The first-order valence-electron chi connectivity index (χ1n) is 8.11. The monoisotopic (exact) mass is 354 g/mol. The molecule has 0 bridgehead atoms. The van der Waals surface area contributed by atoms with Crippen molar-refractivity contribution in [3.63, 3.8) is 0 Å². The van der Waals surface area contributed by atoms with Crippen LogP contribution in [-0.2, 0) is 4.79 Å². The topological polar surface area (TPSA) is 79.7 Å². The molecule has 1 aliphatic rings. The maximum absolute atomic E-state index is 12.7. The number of hydrogen-bond donors (Lipinski definition) is 1.